The first-order valence-electron chi connectivity index (χ1n) is 6.91. The topological polar surface area (TPSA) is 58.4 Å². The summed E-state index contributed by atoms with van der Waals surface area (Å²) >= 11 is 0. The van der Waals surface area contributed by atoms with Gasteiger partial charge in [0.05, 0.1) is 12.2 Å². The third-order valence-electron chi connectivity index (χ3n) is 3.91. The molecule has 0 spiro atoms. The lowest BCUT2D eigenvalue weighted by Crippen LogP contribution is -2.53. The number of rotatable bonds is 3. The minimum absolute atomic E-state index is 0. The van der Waals surface area contributed by atoms with Gasteiger partial charge in [-0.05, 0) is 24.0 Å². The zero-order valence-corrected chi connectivity index (χ0v) is 13.3. The van der Waals surface area contributed by atoms with Gasteiger partial charge in [-0.1, -0.05) is 26.0 Å². The molecule has 118 valence electrons. The number of anilines is 1. The summed E-state index contributed by atoms with van der Waals surface area (Å²) in [7, 11) is 0. The van der Waals surface area contributed by atoms with Crippen LogP contribution in [0.3, 0.4) is 0 Å². The Morgan fingerprint density at radius 2 is 2.14 bits per heavy atom. The first-order valence-corrected chi connectivity index (χ1v) is 6.91. The molecule has 1 aliphatic heterocycles. The van der Waals surface area contributed by atoms with Crippen molar-refractivity contribution in [3.05, 3.63) is 30.1 Å². The molecule has 3 N–H and O–H groups in total. The van der Waals surface area contributed by atoms with Crippen molar-refractivity contribution in [3.63, 3.8) is 0 Å². The minimum atomic E-state index is -0.415. The van der Waals surface area contributed by atoms with E-state index in [1.807, 2.05) is 0 Å². The molecule has 0 radical (unpaired) electrons. The Labute approximate surface area is 131 Å². The van der Waals surface area contributed by atoms with Gasteiger partial charge in [0, 0.05) is 19.1 Å². The van der Waals surface area contributed by atoms with Crippen LogP contribution >= 0.6 is 12.4 Å². The fourth-order valence-corrected chi connectivity index (χ4v) is 2.58. The summed E-state index contributed by atoms with van der Waals surface area (Å²) in [4.78, 5) is 14.0. The lowest BCUT2D eigenvalue weighted by atomic mass is 9.80. The number of nitrogens with two attached hydrogens (primary N) is 1. The highest BCUT2D eigenvalue weighted by molar-refractivity contribution is 5.92. The highest BCUT2D eigenvalue weighted by Gasteiger charge is 2.33. The second-order valence-electron chi connectivity index (χ2n) is 6.12. The summed E-state index contributed by atoms with van der Waals surface area (Å²) in [5.41, 5.74) is 6.30. The number of hydrogen-bond acceptors (Lipinski definition) is 3. The van der Waals surface area contributed by atoms with Gasteiger partial charge in [-0.3, -0.25) is 9.69 Å². The number of benzene rings is 1. The van der Waals surface area contributed by atoms with E-state index in [0.29, 0.717) is 0 Å². The maximum absolute atomic E-state index is 13.5. The van der Waals surface area contributed by atoms with E-state index in [4.69, 9.17) is 5.73 Å². The van der Waals surface area contributed by atoms with Gasteiger partial charge in [0.2, 0.25) is 5.91 Å². The summed E-state index contributed by atoms with van der Waals surface area (Å²) in [6.07, 6.45) is 0.875. The average molecular weight is 316 g/mol. The second-order valence-corrected chi connectivity index (χ2v) is 6.12. The number of carbonyl (C=O) groups is 1. The maximum Gasteiger partial charge on any atom is 0.238 e. The molecule has 1 atom stereocenters. The zero-order chi connectivity index (χ0) is 14.8. The van der Waals surface area contributed by atoms with Crippen LogP contribution < -0.4 is 11.1 Å². The molecule has 0 bridgehead atoms. The summed E-state index contributed by atoms with van der Waals surface area (Å²) in [6, 6.07) is 6.34. The van der Waals surface area contributed by atoms with Crippen molar-refractivity contribution in [3.8, 4) is 0 Å². The highest BCUT2D eigenvalue weighted by atomic mass is 35.5. The Morgan fingerprint density at radius 3 is 2.76 bits per heavy atom. The molecule has 2 rings (SSSR count). The lowest BCUT2D eigenvalue weighted by molar-refractivity contribution is -0.118. The standard InChI is InChI=1S/C15H22FN3O.ClH/c1-15(2)10-19(8-7-13(15)17)9-14(20)18-12-6-4-3-5-11(12)16;/h3-6,13H,7-10,17H2,1-2H3,(H,18,20);1H. The van der Waals surface area contributed by atoms with Crippen molar-refractivity contribution < 1.29 is 9.18 Å². The van der Waals surface area contributed by atoms with E-state index in [9.17, 15) is 9.18 Å². The van der Waals surface area contributed by atoms with E-state index < -0.39 is 5.82 Å². The fraction of sp³-hybridized carbons (Fsp3) is 0.533. The van der Waals surface area contributed by atoms with Crippen LogP contribution in [0.5, 0.6) is 0 Å². The fourth-order valence-electron chi connectivity index (χ4n) is 2.58. The molecule has 1 fully saturated rings. The molecule has 1 aliphatic rings. The third-order valence-corrected chi connectivity index (χ3v) is 3.91. The van der Waals surface area contributed by atoms with Gasteiger partial charge in [-0.25, -0.2) is 4.39 Å². The Balaban J connectivity index is 0.00000220. The molecule has 1 unspecified atom stereocenters. The van der Waals surface area contributed by atoms with Crippen molar-refractivity contribution in [2.45, 2.75) is 26.3 Å². The van der Waals surface area contributed by atoms with Crippen molar-refractivity contribution >= 4 is 24.0 Å². The number of piperidine rings is 1. The third kappa shape index (κ3) is 4.66. The average Bonchev–Trinajstić information content (AvgIpc) is 2.36. The van der Waals surface area contributed by atoms with Crippen LogP contribution in [0.1, 0.15) is 20.3 Å². The van der Waals surface area contributed by atoms with Gasteiger partial charge in [0.1, 0.15) is 5.82 Å². The first kappa shape index (κ1) is 17.9. The highest BCUT2D eigenvalue weighted by Crippen LogP contribution is 2.27. The molecule has 1 aromatic carbocycles. The number of hydrogen-bond donors (Lipinski definition) is 2. The maximum atomic E-state index is 13.5. The van der Waals surface area contributed by atoms with Crippen LogP contribution in [-0.4, -0.2) is 36.5 Å². The summed E-state index contributed by atoms with van der Waals surface area (Å²) in [5.74, 6) is -0.608. The molecule has 1 amide bonds. The van der Waals surface area contributed by atoms with Crippen LogP contribution in [0.4, 0.5) is 10.1 Å². The first-order chi connectivity index (χ1) is 9.38. The van der Waals surface area contributed by atoms with Gasteiger partial charge in [-0.2, -0.15) is 0 Å². The molecule has 6 heteroatoms. The van der Waals surface area contributed by atoms with E-state index in [1.165, 1.54) is 6.07 Å². The molecule has 21 heavy (non-hydrogen) atoms. The largest absolute Gasteiger partial charge is 0.327 e. The molecule has 4 nitrogen and oxygen atoms in total. The normalized spacial score (nSPS) is 21.4. The summed E-state index contributed by atoms with van der Waals surface area (Å²) < 4.78 is 13.5. The second kappa shape index (κ2) is 7.20. The number of likely N-dealkylation sites (tertiary alicyclic amines) is 1. The molecule has 1 heterocycles. The molecule has 0 aliphatic carbocycles. The molecule has 0 saturated carbocycles. The van der Waals surface area contributed by atoms with E-state index in [-0.39, 0.29) is 42.0 Å². The number of nitrogens with zero attached hydrogens (tertiary/aromatic N) is 1. The Hall–Kier alpha value is -1.17. The Morgan fingerprint density at radius 1 is 1.48 bits per heavy atom. The zero-order valence-electron chi connectivity index (χ0n) is 12.4. The minimum Gasteiger partial charge on any atom is -0.327 e. The van der Waals surface area contributed by atoms with Gasteiger partial charge < -0.3 is 11.1 Å². The van der Waals surface area contributed by atoms with Crippen LogP contribution in [0.25, 0.3) is 0 Å². The molecular weight excluding hydrogens is 293 g/mol. The van der Waals surface area contributed by atoms with E-state index >= 15 is 0 Å². The van der Waals surface area contributed by atoms with Gasteiger partial charge in [-0.15, -0.1) is 12.4 Å². The predicted octanol–water partition coefficient (Wildman–Crippen LogP) is 2.25. The number of halogens is 2. The van der Waals surface area contributed by atoms with Gasteiger partial charge in [0.25, 0.3) is 0 Å². The van der Waals surface area contributed by atoms with Crippen LogP contribution in [0.2, 0.25) is 0 Å². The van der Waals surface area contributed by atoms with Crippen molar-refractivity contribution in [2.24, 2.45) is 11.1 Å². The number of carbonyl (C=O) groups excluding carboxylic acids is 1. The van der Waals surface area contributed by atoms with E-state index in [1.54, 1.807) is 18.2 Å². The van der Waals surface area contributed by atoms with Gasteiger partial charge in [0.15, 0.2) is 0 Å². The number of amides is 1. The smallest absolute Gasteiger partial charge is 0.238 e. The van der Waals surface area contributed by atoms with Gasteiger partial charge >= 0.3 is 0 Å². The van der Waals surface area contributed by atoms with Crippen molar-refractivity contribution in [1.29, 1.82) is 0 Å². The van der Waals surface area contributed by atoms with E-state index in [0.717, 1.165) is 19.5 Å². The Bertz CT molecular complexity index is 496. The molecular formula is C15H23ClFN3O. The summed E-state index contributed by atoms with van der Waals surface area (Å²) in [5, 5.41) is 2.61. The van der Waals surface area contributed by atoms with E-state index in [2.05, 4.69) is 24.1 Å². The number of para-hydroxylation sites is 1. The molecule has 1 aromatic rings. The predicted molar refractivity (Wildman–Crippen MR) is 85.1 cm³/mol. The number of nitrogens with one attached hydrogen (secondary N) is 1. The monoisotopic (exact) mass is 315 g/mol. The van der Waals surface area contributed by atoms with Crippen LogP contribution in [0.15, 0.2) is 24.3 Å². The molecule has 1 saturated heterocycles. The SMILES string of the molecule is CC1(C)CN(CC(=O)Nc2ccccc2F)CCC1N.Cl. The quantitative estimate of drug-likeness (QED) is 0.899. The summed E-state index contributed by atoms with van der Waals surface area (Å²) in [6.45, 7) is 6.07. The molecule has 0 aromatic heterocycles. The van der Waals surface area contributed by atoms with Crippen molar-refractivity contribution in [1.82, 2.24) is 4.90 Å². The van der Waals surface area contributed by atoms with Crippen LogP contribution in [-0.2, 0) is 4.79 Å². The van der Waals surface area contributed by atoms with Crippen molar-refractivity contribution in [2.75, 3.05) is 25.0 Å². The van der Waals surface area contributed by atoms with Crippen LogP contribution in [0, 0.1) is 11.2 Å². The Kier molecular flexibility index (Phi) is 6.13. The lowest BCUT2D eigenvalue weighted by Gasteiger charge is -2.42.